The number of rotatable bonds is 10. The Bertz CT molecular complexity index is 1350. The molecule has 10 nitrogen and oxygen atoms in total. The van der Waals surface area contributed by atoms with Gasteiger partial charge >= 0.3 is 6.03 Å². The van der Waals surface area contributed by atoms with Crippen molar-refractivity contribution in [3.63, 3.8) is 0 Å². The van der Waals surface area contributed by atoms with E-state index >= 15 is 0 Å². The molecule has 3 aromatic rings. The highest BCUT2D eigenvalue weighted by molar-refractivity contribution is 5.99. The van der Waals surface area contributed by atoms with Gasteiger partial charge in [-0.15, -0.1) is 0 Å². The fourth-order valence-corrected chi connectivity index (χ4v) is 5.61. The highest BCUT2D eigenvalue weighted by Gasteiger charge is 2.52. The van der Waals surface area contributed by atoms with E-state index in [0.29, 0.717) is 17.1 Å². The summed E-state index contributed by atoms with van der Waals surface area (Å²) in [6, 6.07) is 23.7. The van der Waals surface area contributed by atoms with Gasteiger partial charge < -0.3 is 28.8 Å². The average Bonchev–Trinajstić information content (AvgIpc) is 3.34. The van der Waals surface area contributed by atoms with Gasteiger partial charge in [-0.3, -0.25) is 15.0 Å². The second-order valence-electron chi connectivity index (χ2n) is 9.94. The molecule has 3 aromatic carbocycles. The normalized spacial score (nSPS) is 24.4. The number of methoxy groups -OCH3 is 3. The van der Waals surface area contributed by atoms with Crippen LogP contribution in [0.4, 0.5) is 9.18 Å². The molecule has 0 radical (unpaired) electrons. The molecule has 0 aliphatic carbocycles. The first-order valence-electron chi connectivity index (χ1n) is 13.4. The van der Waals surface area contributed by atoms with Crippen LogP contribution in [-0.2, 0) is 24.6 Å². The maximum Gasteiger partial charge on any atom is 0.326 e. The number of nitrogens with one attached hydrogen (secondary N) is 1. The predicted octanol–water partition coefficient (Wildman–Crippen LogP) is 3.00. The van der Waals surface area contributed by atoms with Crippen LogP contribution in [-0.4, -0.2) is 87.1 Å². The molecule has 2 aliphatic heterocycles. The number of imide groups is 1. The summed E-state index contributed by atoms with van der Waals surface area (Å²) < 4.78 is 44.2. The van der Waals surface area contributed by atoms with Gasteiger partial charge in [-0.1, -0.05) is 72.8 Å². The minimum atomic E-state index is -1.94. The smallest absolute Gasteiger partial charge is 0.326 e. The van der Waals surface area contributed by atoms with Crippen LogP contribution in [0.25, 0.3) is 0 Å². The third kappa shape index (κ3) is 5.20. The van der Waals surface area contributed by atoms with Crippen LogP contribution in [0.1, 0.15) is 16.7 Å². The number of carbonyl (C=O) groups excluding carboxylic acids is 2. The molecule has 0 bridgehead atoms. The Morgan fingerprint density at radius 1 is 0.952 bits per heavy atom. The highest BCUT2D eigenvalue weighted by Crippen LogP contribution is 2.47. The number of halogens is 1. The molecule has 2 heterocycles. The van der Waals surface area contributed by atoms with Crippen LogP contribution in [0.3, 0.4) is 0 Å². The Morgan fingerprint density at radius 2 is 1.60 bits per heavy atom. The Balaban J connectivity index is 1.56. The third-order valence-corrected chi connectivity index (χ3v) is 7.63. The molecule has 0 spiro atoms. The van der Waals surface area contributed by atoms with Crippen molar-refractivity contribution in [2.24, 2.45) is 0 Å². The van der Waals surface area contributed by atoms with Crippen LogP contribution in [0.5, 0.6) is 11.5 Å². The molecule has 2 aliphatic rings. The molecule has 222 valence electrons. The number of carbonyl (C=O) groups is 2. The minimum Gasteiger partial charge on any atom is -0.493 e. The highest BCUT2D eigenvalue weighted by atomic mass is 19.1. The zero-order valence-electron chi connectivity index (χ0n) is 23.4. The number of ether oxygens (including phenoxy) is 5. The summed E-state index contributed by atoms with van der Waals surface area (Å²) in [5.74, 6) is -0.0683. The maximum atomic E-state index is 14.3. The van der Waals surface area contributed by atoms with E-state index in [2.05, 4.69) is 0 Å². The molecule has 2 fully saturated rings. The van der Waals surface area contributed by atoms with Crippen molar-refractivity contribution < 1.29 is 42.8 Å². The van der Waals surface area contributed by atoms with Gasteiger partial charge in [-0.25, -0.2) is 9.18 Å². The summed E-state index contributed by atoms with van der Waals surface area (Å²) in [5.41, 5.74) is 0.905. The number of nitrogens with zero attached hydrogens (tertiary/aromatic N) is 1. The first kappa shape index (κ1) is 29.5. The number of aliphatic hydroxyl groups is 1. The molecular formula is C31H33FN2O8. The molecule has 2 saturated heterocycles. The first-order chi connectivity index (χ1) is 20.3. The van der Waals surface area contributed by atoms with Crippen LogP contribution >= 0.6 is 0 Å². The minimum absolute atomic E-state index is 0.172. The Labute approximate surface area is 242 Å². The SMILES string of the molecule is COc1cccc(C(OC[C@H]2O[C@@H](N3CC(F)C(=O)NC3=O)[C@H](OC)[C@@H]2O)(c2ccccc2)c2ccccc2)c1OC. The monoisotopic (exact) mass is 580 g/mol. The van der Waals surface area contributed by atoms with Gasteiger partial charge in [0.05, 0.1) is 27.4 Å². The zero-order valence-corrected chi connectivity index (χ0v) is 23.4. The standard InChI is InChI=1S/C31H33FN2O8/c1-38-23-16-10-15-21(26(23)39-2)31(19-11-6-4-7-12-19,20-13-8-5-9-14-20)41-18-24-25(35)27(40-3)29(42-24)34-17-22(32)28(36)33-30(34)37/h4-16,22,24-25,27,29,35H,17-18H2,1-3H3,(H,33,36,37)/t22?,24-,25-,27-,29-/m1/s1. The van der Waals surface area contributed by atoms with Crippen molar-refractivity contribution in [3.8, 4) is 11.5 Å². The fraction of sp³-hybridized carbons (Fsp3) is 0.355. The van der Waals surface area contributed by atoms with Crippen LogP contribution < -0.4 is 14.8 Å². The van der Waals surface area contributed by atoms with Gasteiger partial charge in [-0.05, 0) is 17.2 Å². The lowest BCUT2D eigenvalue weighted by Gasteiger charge is -2.38. The Hall–Kier alpha value is -4.03. The number of benzene rings is 3. The molecule has 2 N–H and O–H groups in total. The van der Waals surface area contributed by atoms with Crippen LogP contribution in [0.2, 0.25) is 0 Å². The van der Waals surface area contributed by atoms with Crippen LogP contribution in [0, 0.1) is 0 Å². The summed E-state index contributed by atoms with van der Waals surface area (Å²) in [5, 5.41) is 13.2. The zero-order chi connectivity index (χ0) is 29.9. The third-order valence-electron chi connectivity index (χ3n) is 7.63. The van der Waals surface area contributed by atoms with E-state index in [4.69, 9.17) is 23.7 Å². The molecule has 42 heavy (non-hydrogen) atoms. The number of alkyl halides is 1. The quantitative estimate of drug-likeness (QED) is 0.352. The number of para-hydroxylation sites is 1. The largest absolute Gasteiger partial charge is 0.493 e. The Morgan fingerprint density at radius 3 is 2.17 bits per heavy atom. The van der Waals surface area contributed by atoms with Crippen molar-refractivity contribution >= 4 is 11.9 Å². The van der Waals surface area contributed by atoms with E-state index in [-0.39, 0.29) is 6.61 Å². The maximum absolute atomic E-state index is 14.3. The van der Waals surface area contributed by atoms with Crippen molar-refractivity contribution in [2.45, 2.75) is 36.3 Å². The molecule has 5 rings (SSSR count). The van der Waals surface area contributed by atoms with Crippen molar-refractivity contribution in [1.29, 1.82) is 0 Å². The van der Waals surface area contributed by atoms with Gasteiger partial charge in [0.15, 0.2) is 23.9 Å². The van der Waals surface area contributed by atoms with E-state index in [1.165, 1.54) is 7.11 Å². The van der Waals surface area contributed by atoms with Crippen LogP contribution in [0.15, 0.2) is 78.9 Å². The van der Waals surface area contributed by atoms with Gasteiger partial charge in [0.2, 0.25) is 0 Å². The number of aliphatic hydroxyl groups excluding tert-OH is 1. The number of urea groups is 1. The molecule has 1 unspecified atom stereocenters. The van der Waals surface area contributed by atoms with E-state index in [9.17, 15) is 19.1 Å². The molecule has 0 saturated carbocycles. The molecule has 5 atom stereocenters. The summed E-state index contributed by atoms with van der Waals surface area (Å²) in [7, 11) is 4.45. The molecule has 11 heteroatoms. The predicted molar refractivity (Wildman–Crippen MR) is 149 cm³/mol. The van der Waals surface area contributed by atoms with Crippen molar-refractivity contribution in [1.82, 2.24) is 10.2 Å². The summed E-state index contributed by atoms with van der Waals surface area (Å²) in [4.78, 5) is 25.2. The second kappa shape index (κ2) is 12.5. The second-order valence-corrected chi connectivity index (χ2v) is 9.94. The summed E-state index contributed by atoms with van der Waals surface area (Å²) >= 11 is 0. The van der Waals surface area contributed by atoms with Gasteiger partial charge in [0, 0.05) is 12.7 Å². The average molecular weight is 581 g/mol. The van der Waals surface area contributed by atoms with E-state index in [1.807, 2.05) is 78.1 Å². The van der Waals surface area contributed by atoms with E-state index in [1.54, 1.807) is 20.3 Å². The number of amides is 3. The number of hydrogen-bond acceptors (Lipinski definition) is 8. The molecule has 3 amide bonds. The van der Waals surface area contributed by atoms with Gasteiger partial charge in [0.1, 0.15) is 23.9 Å². The first-order valence-corrected chi connectivity index (χ1v) is 13.4. The van der Waals surface area contributed by atoms with E-state index < -0.39 is 54.8 Å². The van der Waals surface area contributed by atoms with Gasteiger partial charge in [0.25, 0.3) is 5.91 Å². The topological polar surface area (TPSA) is 116 Å². The van der Waals surface area contributed by atoms with Crippen molar-refractivity contribution in [3.05, 3.63) is 95.6 Å². The summed E-state index contributed by atoms with van der Waals surface area (Å²) in [6.07, 6.45) is -6.38. The lowest BCUT2D eigenvalue weighted by atomic mass is 9.79. The molecular weight excluding hydrogens is 547 g/mol. The number of hydrogen-bond donors (Lipinski definition) is 2. The lowest BCUT2D eigenvalue weighted by Crippen LogP contribution is -2.61. The Kier molecular flexibility index (Phi) is 8.74. The summed E-state index contributed by atoms with van der Waals surface area (Å²) in [6.45, 7) is -0.705. The van der Waals surface area contributed by atoms with E-state index in [0.717, 1.165) is 16.0 Å². The fourth-order valence-electron chi connectivity index (χ4n) is 5.61. The lowest BCUT2D eigenvalue weighted by molar-refractivity contribution is -0.135. The van der Waals surface area contributed by atoms with Crippen molar-refractivity contribution in [2.75, 3.05) is 34.5 Å². The van der Waals surface area contributed by atoms with Gasteiger partial charge in [-0.2, -0.15) is 0 Å². The molecule has 0 aromatic heterocycles.